The summed E-state index contributed by atoms with van der Waals surface area (Å²) in [6, 6.07) is 15.3. The highest BCUT2D eigenvalue weighted by Gasteiger charge is 2.25. The molecule has 2 unspecified atom stereocenters. The Bertz CT molecular complexity index is 582. The number of nitrogens with one attached hydrogen (secondary N) is 1. The molecule has 2 aromatic rings. The van der Waals surface area contributed by atoms with Gasteiger partial charge in [0.05, 0.1) is 18.8 Å². The predicted octanol–water partition coefficient (Wildman–Crippen LogP) is 3.99. The zero-order valence-electron chi connectivity index (χ0n) is 10.9. The second-order valence-electron chi connectivity index (χ2n) is 4.86. The van der Waals surface area contributed by atoms with E-state index in [2.05, 4.69) is 33.4 Å². The summed E-state index contributed by atoms with van der Waals surface area (Å²) in [7, 11) is 0. The summed E-state index contributed by atoms with van der Waals surface area (Å²) in [6.07, 6.45) is -0.243. The second kappa shape index (κ2) is 6.04. The van der Waals surface area contributed by atoms with E-state index in [1.807, 2.05) is 18.2 Å². The van der Waals surface area contributed by atoms with E-state index < -0.39 is 0 Å². The first-order valence-electron chi connectivity index (χ1n) is 6.59. The summed E-state index contributed by atoms with van der Waals surface area (Å²) >= 11 is 3.37. The number of morpholine rings is 1. The average Bonchev–Trinajstić information content (AvgIpc) is 2.51. The third kappa shape index (κ3) is 2.92. The highest BCUT2D eigenvalue weighted by Crippen LogP contribution is 2.28. The lowest BCUT2D eigenvalue weighted by Crippen LogP contribution is -2.37. The molecular formula is C16H15BrFNO. The molecule has 0 saturated carbocycles. The quantitative estimate of drug-likeness (QED) is 0.895. The smallest absolute Gasteiger partial charge is 0.129 e. The molecule has 0 radical (unpaired) electrons. The number of rotatable bonds is 2. The fraction of sp³-hybridized carbons (Fsp3) is 0.250. The largest absolute Gasteiger partial charge is 0.370 e. The molecule has 0 amide bonds. The predicted molar refractivity (Wildman–Crippen MR) is 80.0 cm³/mol. The van der Waals surface area contributed by atoms with Crippen LogP contribution in [-0.2, 0) is 4.74 Å². The molecule has 0 aromatic heterocycles. The van der Waals surface area contributed by atoms with Crippen LogP contribution in [0.5, 0.6) is 0 Å². The SMILES string of the molecule is Fc1ccc(Br)cc1C1CNC(c2ccccc2)CO1. The molecule has 2 atom stereocenters. The van der Waals surface area contributed by atoms with Crippen LogP contribution in [0.3, 0.4) is 0 Å². The minimum absolute atomic E-state index is 0.169. The molecule has 3 rings (SSSR count). The van der Waals surface area contributed by atoms with Crippen LogP contribution in [-0.4, -0.2) is 13.2 Å². The highest BCUT2D eigenvalue weighted by atomic mass is 79.9. The maximum atomic E-state index is 13.8. The van der Waals surface area contributed by atoms with Gasteiger partial charge >= 0.3 is 0 Å². The van der Waals surface area contributed by atoms with Gasteiger partial charge < -0.3 is 10.1 Å². The minimum Gasteiger partial charge on any atom is -0.370 e. The Balaban J connectivity index is 1.71. The summed E-state index contributed by atoms with van der Waals surface area (Å²) in [4.78, 5) is 0. The molecule has 1 fully saturated rings. The summed E-state index contributed by atoms with van der Waals surface area (Å²) < 4.78 is 20.6. The zero-order chi connectivity index (χ0) is 13.9. The molecule has 2 nitrogen and oxygen atoms in total. The molecular weight excluding hydrogens is 321 g/mol. The molecule has 20 heavy (non-hydrogen) atoms. The standard InChI is InChI=1S/C16H15BrFNO/c17-12-6-7-14(18)13(8-12)16-9-19-15(10-20-16)11-4-2-1-3-5-11/h1-8,15-16,19H,9-10H2. The summed E-state index contributed by atoms with van der Waals surface area (Å²) in [5, 5.41) is 3.42. The van der Waals surface area contributed by atoms with Crippen LogP contribution >= 0.6 is 15.9 Å². The van der Waals surface area contributed by atoms with Gasteiger partial charge in [0.2, 0.25) is 0 Å². The number of hydrogen-bond acceptors (Lipinski definition) is 2. The molecule has 1 heterocycles. The van der Waals surface area contributed by atoms with Crippen molar-refractivity contribution >= 4 is 15.9 Å². The second-order valence-corrected chi connectivity index (χ2v) is 5.78. The molecule has 0 bridgehead atoms. The van der Waals surface area contributed by atoms with Gasteiger partial charge in [0.1, 0.15) is 5.82 Å². The Kier molecular flexibility index (Phi) is 4.15. The van der Waals surface area contributed by atoms with Crippen molar-refractivity contribution in [2.45, 2.75) is 12.1 Å². The number of hydrogen-bond donors (Lipinski definition) is 1. The fourth-order valence-electron chi connectivity index (χ4n) is 2.44. The van der Waals surface area contributed by atoms with Gasteiger partial charge in [0, 0.05) is 16.6 Å². The third-order valence-corrected chi connectivity index (χ3v) is 4.01. The lowest BCUT2D eigenvalue weighted by Gasteiger charge is -2.31. The topological polar surface area (TPSA) is 21.3 Å². The first-order chi connectivity index (χ1) is 9.74. The lowest BCUT2D eigenvalue weighted by atomic mass is 10.0. The normalized spacial score (nSPS) is 22.7. The lowest BCUT2D eigenvalue weighted by molar-refractivity contribution is 0.000469. The van der Waals surface area contributed by atoms with Gasteiger partial charge in [-0.2, -0.15) is 0 Å². The molecule has 1 aliphatic heterocycles. The maximum Gasteiger partial charge on any atom is 0.129 e. The van der Waals surface area contributed by atoms with Crippen molar-refractivity contribution in [3.63, 3.8) is 0 Å². The summed E-state index contributed by atoms with van der Waals surface area (Å²) in [5.41, 5.74) is 1.79. The van der Waals surface area contributed by atoms with Crippen molar-refractivity contribution < 1.29 is 9.13 Å². The number of benzene rings is 2. The summed E-state index contributed by atoms with van der Waals surface area (Å²) in [6.45, 7) is 1.15. The minimum atomic E-state index is -0.243. The Labute approximate surface area is 126 Å². The van der Waals surface area contributed by atoms with Gasteiger partial charge in [-0.3, -0.25) is 0 Å². The van der Waals surface area contributed by atoms with Crippen LogP contribution in [0.25, 0.3) is 0 Å². The van der Waals surface area contributed by atoms with Crippen LogP contribution in [0.2, 0.25) is 0 Å². The first-order valence-corrected chi connectivity index (χ1v) is 7.38. The molecule has 104 valence electrons. The van der Waals surface area contributed by atoms with Crippen molar-refractivity contribution in [3.05, 3.63) is 69.9 Å². The van der Waals surface area contributed by atoms with Crippen LogP contribution in [0.15, 0.2) is 53.0 Å². The van der Waals surface area contributed by atoms with E-state index in [9.17, 15) is 4.39 Å². The molecule has 1 aliphatic rings. The van der Waals surface area contributed by atoms with Crippen molar-refractivity contribution in [3.8, 4) is 0 Å². The van der Waals surface area contributed by atoms with Crippen LogP contribution in [0, 0.1) is 5.82 Å². The van der Waals surface area contributed by atoms with Gasteiger partial charge in [-0.1, -0.05) is 46.3 Å². The fourth-order valence-corrected chi connectivity index (χ4v) is 2.82. The maximum absolute atomic E-state index is 13.8. The van der Waals surface area contributed by atoms with E-state index in [1.54, 1.807) is 12.1 Å². The van der Waals surface area contributed by atoms with E-state index in [0.717, 1.165) is 4.47 Å². The third-order valence-electron chi connectivity index (χ3n) is 3.52. The Hall–Kier alpha value is -1.23. The van der Waals surface area contributed by atoms with E-state index in [-0.39, 0.29) is 18.0 Å². The number of halogens is 2. The monoisotopic (exact) mass is 335 g/mol. The molecule has 1 N–H and O–H groups in total. The average molecular weight is 336 g/mol. The first kappa shape index (κ1) is 13.7. The van der Waals surface area contributed by atoms with Crippen LogP contribution in [0.4, 0.5) is 4.39 Å². The molecule has 2 aromatic carbocycles. The van der Waals surface area contributed by atoms with Crippen LogP contribution in [0.1, 0.15) is 23.3 Å². The van der Waals surface area contributed by atoms with Gasteiger partial charge in [0.15, 0.2) is 0 Å². The van der Waals surface area contributed by atoms with E-state index >= 15 is 0 Å². The molecule has 0 aliphatic carbocycles. The van der Waals surface area contributed by atoms with E-state index in [1.165, 1.54) is 11.6 Å². The van der Waals surface area contributed by atoms with Crippen molar-refractivity contribution in [2.24, 2.45) is 0 Å². The van der Waals surface area contributed by atoms with Gasteiger partial charge in [-0.15, -0.1) is 0 Å². The highest BCUT2D eigenvalue weighted by molar-refractivity contribution is 9.10. The Morgan fingerprint density at radius 3 is 2.65 bits per heavy atom. The molecule has 0 spiro atoms. The molecule has 4 heteroatoms. The summed E-state index contributed by atoms with van der Waals surface area (Å²) in [5.74, 6) is -0.224. The van der Waals surface area contributed by atoms with Crippen LogP contribution < -0.4 is 5.32 Å². The van der Waals surface area contributed by atoms with E-state index in [4.69, 9.17) is 4.74 Å². The Morgan fingerprint density at radius 2 is 1.95 bits per heavy atom. The Morgan fingerprint density at radius 1 is 1.15 bits per heavy atom. The van der Waals surface area contributed by atoms with Crippen molar-refractivity contribution in [1.82, 2.24) is 5.32 Å². The van der Waals surface area contributed by atoms with Gasteiger partial charge in [0.25, 0.3) is 0 Å². The number of ether oxygens (including phenoxy) is 1. The molecule has 1 saturated heterocycles. The zero-order valence-corrected chi connectivity index (χ0v) is 12.4. The van der Waals surface area contributed by atoms with E-state index in [0.29, 0.717) is 18.7 Å². The van der Waals surface area contributed by atoms with Crippen molar-refractivity contribution in [2.75, 3.05) is 13.2 Å². The van der Waals surface area contributed by atoms with Crippen molar-refractivity contribution in [1.29, 1.82) is 0 Å². The van der Waals surface area contributed by atoms with Gasteiger partial charge in [-0.05, 0) is 23.8 Å². The van der Waals surface area contributed by atoms with Gasteiger partial charge in [-0.25, -0.2) is 4.39 Å².